The number of amides is 2. The first-order valence-electron chi connectivity index (χ1n) is 9.53. The normalized spacial score (nSPS) is 12.3. The summed E-state index contributed by atoms with van der Waals surface area (Å²) in [4.78, 5) is 26.1. The number of halogens is 2. The molecule has 6 nitrogen and oxygen atoms in total. The number of carbonyl (C=O) groups is 2. The predicted molar refractivity (Wildman–Crippen MR) is 122 cm³/mol. The van der Waals surface area contributed by atoms with E-state index in [4.69, 9.17) is 34.3 Å². The lowest BCUT2D eigenvalue weighted by Crippen LogP contribution is -2.55. The van der Waals surface area contributed by atoms with Crippen LogP contribution in [0, 0.1) is 12.3 Å². The SMILES string of the molecule is CCC(NC(=O)c1cc(C=N)c(N)cc1C)C(=O)[N+](C)(C)Cc1ccc(Cl)c(Cl)c1. The van der Waals surface area contributed by atoms with Crippen molar-refractivity contribution < 1.29 is 14.1 Å². The molecule has 0 aliphatic carbocycles. The molecule has 0 bridgehead atoms. The first-order valence-corrected chi connectivity index (χ1v) is 10.3. The topological polar surface area (TPSA) is 96.0 Å². The summed E-state index contributed by atoms with van der Waals surface area (Å²) >= 11 is 12.1. The lowest BCUT2D eigenvalue weighted by molar-refractivity contribution is -0.828. The Balaban J connectivity index is 2.21. The number of anilines is 1. The van der Waals surface area contributed by atoms with E-state index in [9.17, 15) is 9.59 Å². The molecule has 4 N–H and O–H groups in total. The maximum atomic E-state index is 13.2. The van der Waals surface area contributed by atoms with E-state index in [1.165, 1.54) is 0 Å². The Hall–Kier alpha value is -2.41. The highest BCUT2D eigenvalue weighted by Crippen LogP contribution is 2.24. The first kappa shape index (κ1) is 23.9. The maximum Gasteiger partial charge on any atom is 0.335 e. The highest BCUT2D eigenvalue weighted by atomic mass is 35.5. The van der Waals surface area contributed by atoms with Crippen LogP contribution in [0.25, 0.3) is 0 Å². The lowest BCUT2D eigenvalue weighted by Gasteiger charge is -2.31. The van der Waals surface area contributed by atoms with Gasteiger partial charge in [-0.25, -0.2) is 4.79 Å². The molecule has 2 amide bonds. The zero-order valence-corrected chi connectivity index (χ0v) is 19.1. The van der Waals surface area contributed by atoms with Gasteiger partial charge in [-0.1, -0.05) is 36.2 Å². The molecule has 30 heavy (non-hydrogen) atoms. The van der Waals surface area contributed by atoms with E-state index in [-0.39, 0.29) is 16.3 Å². The van der Waals surface area contributed by atoms with Gasteiger partial charge in [0.2, 0.25) is 0 Å². The summed E-state index contributed by atoms with van der Waals surface area (Å²) in [7, 11) is 3.59. The van der Waals surface area contributed by atoms with E-state index in [1.54, 1.807) is 45.3 Å². The highest BCUT2D eigenvalue weighted by Gasteiger charge is 2.35. The third kappa shape index (κ3) is 5.39. The summed E-state index contributed by atoms with van der Waals surface area (Å²) in [6.07, 6.45) is 1.55. The number of hydrogen-bond acceptors (Lipinski definition) is 4. The van der Waals surface area contributed by atoms with E-state index in [0.717, 1.165) is 11.8 Å². The summed E-state index contributed by atoms with van der Waals surface area (Å²) < 4.78 is 0.0310. The van der Waals surface area contributed by atoms with Crippen molar-refractivity contribution in [2.45, 2.75) is 32.9 Å². The number of nitrogen functional groups attached to an aromatic ring is 1. The fourth-order valence-corrected chi connectivity index (χ4v) is 3.61. The molecule has 2 aromatic carbocycles. The quantitative estimate of drug-likeness (QED) is 0.335. The molecular formula is C22H27Cl2N4O2+. The van der Waals surface area contributed by atoms with Crippen LogP contribution in [0.3, 0.4) is 0 Å². The van der Waals surface area contributed by atoms with Gasteiger partial charge in [0.1, 0.15) is 12.6 Å². The Morgan fingerprint density at radius 1 is 1.20 bits per heavy atom. The summed E-state index contributed by atoms with van der Waals surface area (Å²) in [5, 5.41) is 11.2. The molecule has 2 aromatic rings. The Kier molecular flexibility index (Phi) is 7.64. The van der Waals surface area contributed by atoms with Crippen molar-refractivity contribution in [2.24, 2.45) is 0 Å². The Morgan fingerprint density at radius 3 is 2.43 bits per heavy atom. The number of nitrogens with zero attached hydrogens (tertiary/aromatic N) is 1. The maximum absolute atomic E-state index is 13.2. The second-order valence-corrected chi connectivity index (χ2v) is 8.62. The zero-order chi connectivity index (χ0) is 22.6. The van der Waals surface area contributed by atoms with Crippen molar-refractivity contribution >= 4 is 46.9 Å². The van der Waals surface area contributed by atoms with E-state index in [2.05, 4.69) is 5.32 Å². The second kappa shape index (κ2) is 9.60. The van der Waals surface area contributed by atoms with Gasteiger partial charge in [-0.15, -0.1) is 0 Å². The highest BCUT2D eigenvalue weighted by molar-refractivity contribution is 6.42. The van der Waals surface area contributed by atoms with Gasteiger partial charge in [0.15, 0.2) is 0 Å². The average molecular weight is 450 g/mol. The third-order valence-corrected chi connectivity index (χ3v) is 5.74. The van der Waals surface area contributed by atoms with Crippen molar-refractivity contribution in [3.8, 4) is 0 Å². The summed E-state index contributed by atoms with van der Waals surface area (Å²) in [5.41, 5.74) is 8.71. The number of likely N-dealkylation sites (N-methyl/N-ethyl adjacent to an activating group) is 1. The van der Waals surface area contributed by atoms with Crippen LogP contribution in [0.15, 0.2) is 30.3 Å². The molecule has 0 heterocycles. The first-order chi connectivity index (χ1) is 14.0. The smallest absolute Gasteiger partial charge is 0.335 e. The monoisotopic (exact) mass is 449 g/mol. The van der Waals surface area contributed by atoms with E-state index >= 15 is 0 Å². The molecule has 0 saturated carbocycles. The van der Waals surface area contributed by atoms with E-state index < -0.39 is 6.04 Å². The van der Waals surface area contributed by atoms with Gasteiger partial charge >= 0.3 is 5.91 Å². The molecule has 0 aliphatic rings. The van der Waals surface area contributed by atoms with Gasteiger partial charge < -0.3 is 16.5 Å². The van der Waals surface area contributed by atoms with Crippen molar-refractivity contribution in [1.82, 2.24) is 5.32 Å². The minimum absolute atomic E-state index is 0.0310. The van der Waals surface area contributed by atoms with Gasteiger partial charge in [0, 0.05) is 28.6 Å². The molecule has 0 aliphatic heterocycles. The van der Waals surface area contributed by atoms with Crippen molar-refractivity contribution in [3.63, 3.8) is 0 Å². The largest absolute Gasteiger partial charge is 0.398 e. The van der Waals surface area contributed by atoms with Crippen LogP contribution in [-0.2, 0) is 11.3 Å². The summed E-state index contributed by atoms with van der Waals surface area (Å²) in [6, 6.07) is 7.83. The van der Waals surface area contributed by atoms with Crippen molar-refractivity contribution in [3.05, 3.63) is 62.6 Å². The Labute approximate surface area is 187 Å². The molecule has 8 heteroatoms. The number of hydrogen-bond donors (Lipinski definition) is 3. The van der Waals surface area contributed by atoms with Crippen LogP contribution in [-0.4, -0.2) is 42.6 Å². The second-order valence-electron chi connectivity index (χ2n) is 7.80. The lowest BCUT2D eigenvalue weighted by atomic mass is 10.0. The fourth-order valence-electron chi connectivity index (χ4n) is 3.29. The Bertz CT molecular complexity index is 989. The van der Waals surface area contributed by atoms with Crippen LogP contribution in [0.5, 0.6) is 0 Å². The van der Waals surface area contributed by atoms with Crippen LogP contribution in [0.1, 0.15) is 40.4 Å². The number of carbonyl (C=O) groups excluding carboxylic acids is 2. The van der Waals surface area contributed by atoms with Gasteiger partial charge in [0.05, 0.1) is 24.1 Å². The molecule has 0 spiro atoms. The number of rotatable bonds is 7. The standard InChI is InChI=1S/C22H26Cl2N4O2/c1-5-20(27-21(29)16-10-15(11-25)19(26)8-13(16)2)22(30)28(3,4)12-14-6-7-17(23)18(24)9-14/h6-11,20H,5,12H2,1-4H3,(H3-,25,26,27,29)/p+1. The predicted octanol–water partition coefficient (Wildman–Crippen LogP) is 4.19. The number of aryl methyl sites for hydroxylation is 1. The third-order valence-electron chi connectivity index (χ3n) is 5.00. The van der Waals surface area contributed by atoms with Gasteiger partial charge in [-0.05, 0) is 43.2 Å². The van der Waals surface area contributed by atoms with Gasteiger partial charge in [0.25, 0.3) is 5.91 Å². The molecule has 160 valence electrons. The molecule has 0 radical (unpaired) electrons. The van der Waals surface area contributed by atoms with Crippen LogP contribution >= 0.6 is 23.2 Å². The van der Waals surface area contributed by atoms with E-state index in [0.29, 0.717) is 45.4 Å². The fraction of sp³-hybridized carbons (Fsp3) is 0.318. The molecule has 0 saturated heterocycles. The molecule has 2 rings (SSSR count). The molecule has 1 atom stereocenters. The average Bonchev–Trinajstić information content (AvgIpc) is 2.68. The minimum Gasteiger partial charge on any atom is -0.398 e. The molecular weight excluding hydrogens is 423 g/mol. The Morgan fingerprint density at radius 2 is 1.87 bits per heavy atom. The number of nitrogens with one attached hydrogen (secondary N) is 2. The zero-order valence-electron chi connectivity index (χ0n) is 17.6. The van der Waals surface area contributed by atoms with Crippen molar-refractivity contribution in [2.75, 3.05) is 19.8 Å². The number of benzene rings is 2. The van der Waals surface area contributed by atoms with E-state index in [1.807, 2.05) is 13.0 Å². The van der Waals surface area contributed by atoms with Crippen molar-refractivity contribution in [1.29, 1.82) is 5.41 Å². The van der Waals surface area contributed by atoms with Crippen LogP contribution < -0.4 is 11.1 Å². The number of nitrogens with two attached hydrogens (primary N) is 1. The molecule has 0 fully saturated rings. The van der Waals surface area contributed by atoms with Gasteiger partial charge in [-0.2, -0.15) is 0 Å². The van der Waals surface area contributed by atoms with Crippen LogP contribution in [0.4, 0.5) is 5.69 Å². The van der Waals surface area contributed by atoms with Gasteiger partial charge in [-0.3, -0.25) is 9.28 Å². The minimum atomic E-state index is -0.671. The summed E-state index contributed by atoms with van der Waals surface area (Å²) in [6.45, 7) is 4.02. The molecule has 0 aromatic heterocycles. The number of quaternary nitrogens is 1. The van der Waals surface area contributed by atoms with Crippen LogP contribution in [0.2, 0.25) is 10.0 Å². The summed E-state index contributed by atoms with van der Waals surface area (Å²) in [5.74, 6) is -0.498. The molecule has 1 unspecified atom stereocenters.